The average molecular weight is 746 g/mol. The molecular formula is C39H63N5O7S. The second-order valence-electron chi connectivity index (χ2n) is 17.6. The Balaban J connectivity index is 1.62. The summed E-state index contributed by atoms with van der Waals surface area (Å²) in [4.78, 5) is 70.7. The van der Waals surface area contributed by atoms with Gasteiger partial charge in [0, 0.05) is 6.54 Å². The van der Waals surface area contributed by atoms with Crippen LogP contribution in [0.1, 0.15) is 131 Å². The molecule has 52 heavy (non-hydrogen) atoms. The van der Waals surface area contributed by atoms with Gasteiger partial charge >= 0.3 is 6.03 Å². The van der Waals surface area contributed by atoms with Crippen LogP contribution in [0.25, 0.3) is 0 Å². The van der Waals surface area contributed by atoms with E-state index in [0.29, 0.717) is 45.1 Å². The Morgan fingerprint density at radius 1 is 0.904 bits per heavy atom. The minimum Gasteiger partial charge on any atom is -0.344 e. The van der Waals surface area contributed by atoms with E-state index in [1.54, 1.807) is 25.7 Å². The topological polar surface area (TPSA) is 171 Å². The predicted octanol–water partition coefficient (Wildman–Crippen LogP) is 4.02. The average Bonchev–Trinajstić information content (AvgIpc) is 3.77. The Morgan fingerprint density at radius 3 is 2.04 bits per heavy atom. The van der Waals surface area contributed by atoms with Gasteiger partial charge in [-0.05, 0) is 82.5 Å². The van der Waals surface area contributed by atoms with Crippen molar-refractivity contribution >= 4 is 39.4 Å². The minimum atomic E-state index is -3.57. The van der Waals surface area contributed by atoms with Gasteiger partial charge in [0.25, 0.3) is 5.91 Å². The van der Waals surface area contributed by atoms with Gasteiger partial charge in [0.15, 0.2) is 9.84 Å². The molecule has 12 nitrogen and oxygen atoms in total. The number of carbonyl (C=O) groups is 5. The molecule has 0 bridgehead atoms. The Bertz CT molecular complexity index is 1480. The molecule has 0 aromatic carbocycles. The normalized spacial score (nSPS) is 24.2. The number of amides is 5. The van der Waals surface area contributed by atoms with Crippen molar-refractivity contribution in [1.82, 2.24) is 26.2 Å². The number of likely N-dealkylation sites (tertiary alicyclic amines) is 1. The third-order valence-corrected chi connectivity index (χ3v) is 14.9. The maximum atomic E-state index is 14.9. The largest absolute Gasteiger partial charge is 0.344 e. The summed E-state index contributed by atoms with van der Waals surface area (Å²) in [6.07, 6.45) is 15.8. The molecule has 5 amide bonds. The van der Waals surface area contributed by atoms with Gasteiger partial charge in [-0.1, -0.05) is 78.1 Å². The molecule has 4 aliphatic rings. The zero-order valence-corrected chi connectivity index (χ0v) is 33.1. The van der Waals surface area contributed by atoms with Crippen molar-refractivity contribution in [3.8, 4) is 12.3 Å². The van der Waals surface area contributed by atoms with Crippen molar-refractivity contribution < 1.29 is 32.4 Å². The number of urea groups is 1. The minimum absolute atomic E-state index is 0.0287. The molecule has 292 valence electrons. The molecular weight excluding hydrogens is 683 g/mol. The van der Waals surface area contributed by atoms with E-state index in [-0.39, 0.29) is 36.0 Å². The van der Waals surface area contributed by atoms with Gasteiger partial charge in [0.2, 0.25) is 17.6 Å². The van der Waals surface area contributed by atoms with Crippen molar-refractivity contribution in [3.05, 3.63) is 0 Å². The quantitative estimate of drug-likeness (QED) is 0.154. The number of ketones is 1. The lowest BCUT2D eigenvalue weighted by atomic mass is 9.70. The zero-order chi connectivity index (χ0) is 38.5. The van der Waals surface area contributed by atoms with Crippen LogP contribution < -0.4 is 21.3 Å². The molecule has 1 aliphatic heterocycles. The molecule has 0 aromatic rings. The molecule has 3 aliphatic carbocycles. The molecule has 1 saturated heterocycles. The second kappa shape index (κ2) is 16.9. The third-order valence-electron chi connectivity index (χ3n) is 12.1. The molecule has 4 rings (SSSR count). The maximum Gasteiger partial charge on any atom is 0.315 e. The number of nitrogens with one attached hydrogen (secondary N) is 4. The van der Waals surface area contributed by atoms with Crippen molar-refractivity contribution in [2.75, 3.05) is 18.8 Å². The summed E-state index contributed by atoms with van der Waals surface area (Å²) in [7, 11) is -3.57. The highest BCUT2D eigenvalue weighted by molar-refractivity contribution is 7.92. The Morgan fingerprint density at radius 2 is 1.50 bits per heavy atom. The third kappa shape index (κ3) is 10.1. The molecule has 0 radical (unpaired) electrons. The van der Waals surface area contributed by atoms with Crippen LogP contribution in [0.2, 0.25) is 0 Å². The van der Waals surface area contributed by atoms with Crippen LogP contribution in [-0.4, -0.2) is 90.1 Å². The highest BCUT2D eigenvalue weighted by Gasteiger charge is 2.51. The first kappa shape index (κ1) is 41.6. The molecule has 2 unspecified atom stereocenters. The molecule has 4 N–H and O–H groups in total. The van der Waals surface area contributed by atoms with Crippen molar-refractivity contribution in [2.45, 2.75) is 160 Å². The van der Waals surface area contributed by atoms with Gasteiger partial charge in [-0.15, -0.1) is 6.42 Å². The number of rotatable bonds is 14. The fraction of sp³-hybridized carbons (Fsp3) is 0.821. The van der Waals surface area contributed by atoms with Crippen LogP contribution in [0.3, 0.4) is 0 Å². The zero-order valence-electron chi connectivity index (χ0n) is 32.3. The van der Waals surface area contributed by atoms with Gasteiger partial charge in [0.1, 0.15) is 12.1 Å². The molecule has 4 atom stereocenters. The van der Waals surface area contributed by atoms with Gasteiger partial charge < -0.3 is 26.2 Å². The van der Waals surface area contributed by atoms with Crippen LogP contribution in [0.15, 0.2) is 0 Å². The van der Waals surface area contributed by atoms with E-state index < -0.39 is 67.3 Å². The summed E-state index contributed by atoms with van der Waals surface area (Å²) in [5.74, 6) is -0.316. The SMILES string of the molecule is C#CCNC(=O)C(=O)C(CC1CC1)NC(=O)[C@@H]1[C@@H](C(C)C)CCN1C(=O)C(NC(=O)NC1(CS(=O)(=O)C(C)(C)C)CCCCC1)C1(C)CCCCC1. The van der Waals surface area contributed by atoms with E-state index in [4.69, 9.17) is 6.42 Å². The fourth-order valence-corrected chi connectivity index (χ4v) is 10.0. The van der Waals surface area contributed by atoms with E-state index >= 15 is 0 Å². The first-order valence-corrected chi connectivity index (χ1v) is 21.2. The van der Waals surface area contributed by atoms with Crippen LogP contribution >= 0.6 is 0 Å². The van der Waals surface area contributed by atoms with E-state index in [2.05, 4.69) is 27.2 Å². The first-order chi connectivity index (χ1) is 24.3. The van der Waals surface area contributed by atoms with Crippen molar-refractivity contribution in [3.63, 3.8) is 0 Å². The predicted molar refractivity (Wildman–Crippen MR) is 201 cm³/mol. The number of hydrogen-bond donors (Lipinski definition) is 4. The summed E-state index contributed by atoms with van der Waals surface area (Å²) in [6, 6.07) is -3.50. The lowest BCUT2D eigenvalue weighted by Gasteiger charge is -2.44. The summed E-state index contributed by atoms with van der Waals surface area (Å²) in [5.41, 5.74) is -1.55. The van der Waals surface area contributed by atoms with E-state index in [1.165, 1.54) is 0 Å². The number of Topliss-reactive ketones (excluding diaryl/α,β-unsaturated/α-hetero) is 1. The Hall–Kier alpha value is -3.14. The van der Waals surface area contributed by atoms with Crippen LogP contribution in [0.4, 0.5) is 4.79 Å². The van der Waals surface area contributed by atoms with Gasteiger partial charge in [-0.25, -0.2) is 13.2 Å². The van der Waals surface area contributed by atoms with Crippen LogP contribution in [-0.2, 0) is 29.0 Å². The number of hydrogen-bond acceptors (Lipinski definition) is 7. The summed E-state index contributed by atoms with van der Waals surface area (Å²) in [5, 5.41) is 11.4. The molecule has 0 spiro atoms. The van der Waals surface area contributed by atoms with Crippen molar-refractivity contribution in [2.24, 2.45) is 23.2 Å². The lowest BCUT2D eigenvalue weighted by Crippen LogP contribution is -2.64. The summed E-state index contributed by atoms with van der Waals surface area (Å²) >= 11 is 0. The first-order valence-electron chi connectivity index (χ1n) is 19.5. The van der Waals surface area contributed by atoms with E-state index in [0.717, 1.165) is 51.4 Å². The molecule has 1 heterocycles. The second-order valence-corrected chi connectivity index (χ2v) is 20.4. The summed E-state index contributed by atoms with van der Waals surface area (Å²) in [6.45, 7) is 11.2. The van der Waals surface area contributed by atoms with Crippen LogP contribution in [0.5, 0.6) is 0 Å². The Kier molecular flexibility index (Phi) is 13.5. The fourth-order valence-electron chi connectivity index (χ4n) is 8.52. The summed E-state index contributed by atoms with van der Waals surface area (Å²) < 4.78 is 25.9. The van der Waals surface area contributed by atoms with E-state index in [1.807, 2.05) is 20.8 Å². The van der Waals surface area contributed by atoms with Crippen molar-refractivity contribution in [1.29, 1.82) is 0 Å². The smallest absolute Gasteiger partial charge is 0.315 e. The van der Waals surface area contributed by atoms with E-state index in [9.17, 15) is 32.4 Å². The highest BCUT2D eigenvalue weighted by atomic mass is 32.2. The van der Waals surface area contributed by atoms with Crippen LogP contribution in [0, 0.1) is 35.5 Å². The number of sulfone groups is 1. The molecule has 13 heteroatoms. The number of nitrogens with zero attached hydrogens (tertiary/aromatic N) is 1. The number of terminal acetylenes is 1. The lowest BCUT2D eigenvalue weighted by molar-refractivity contribution is -0.145. The number of carbonyl (C=O) groups excluding carboxylic acids is 5. The van der Waals surface area contributed by atoms with Gasteiger partial charge in [-0.2, -0.15) is 0 Å². The van der Waals surface area contributed by atoms with Gasteiger partial charge in [-0.3, -0.25) is 19.2 Å². The highest BCUT2D eigenvalue weighted by Crippen LogP contribution is 2.42. The monoisotopic (exact) mass is 745 g/mol. The molecule has 0 aromatic heterocycles. The molecule has 4 fully saturated rings. The van der Waals surface area contributed by atoms with Gasteiger partial charge in [0.05, 0.1) is 28.6 Å². The Labute approximate surface area is 311 Å². The maximum absolute atomic E-state index is 14.9. The molecule has 3 saturated carbocycles. The standard InChI is InChI=1S/C39H63N5O7S/c1-8-22-40-34(47)31(45)29(24-27-15-16-27)41-33(46)30-28(26(2)3)17-23-44(30)35(48)32(38(7)18-11-9-12-19-38)42-36(49)43-39(20-13-10-14-21-39)25-52(50,51)37(4,5)6/h1,26-30,32H,9-25H2,2-7H3,(H,40,47)(H,41,46)(H2,42,43,49)/t28-,29?,30+,32?/m1/s1.